The first-order chi connectivity index (χ1) is 11.1. The Morgan fingerprint density at radius 2 is 2.04 bits per heavy atom. The molecule has 1 aliphatic rings. The maximum absolute atomic E-state index is 13.5. The number of amides is 1. The van der Waals surface area contributed by atoms with Gasteiger partial charge in [0.1, 0.15) is 5.82 Å². The first kappa shape index (κ1) is 14.0. The van der Waals surface area contributed by atoms with Crippen molar-refractivity contribution in [1.29, 1.82) is 0 Å². The Hall–Kier alpha value is -2.62. The molecule has 4 rings (SSSR count). The number of benzene rings is 2. The molecule has 0 bridgehead atoms. The third kappa shape index (κ3) is 2.31. The second-order valence-corrected chi connectivity index (χ2v) is 6.06. The molecule has 1 N–H and O–H groups in total. The van der Waals surface area contributed by atoms with Crippen LogP contribution >= 0.6 is 0 Å². The summed E-state index contributed by atoms with van der Waals surface area (Å²) in [5.41, 5.74) is 4.81. The topological polar surface area (TPSA) is 36.1 Å². The van der Waals surface area contributed by atoms with Gasteiger partial charge >= 0.3 is 0 Å². The summed E-state index contributed by atoms with van der Waals surface area (Å²) in [6.45, 7) is 3.15. The van der Waals surface area contributed by atoms with Gasteiger partial charge in [0.05, 0.1) is 6.54 Å². The Morgan fingerprint density at radius 3 is 2.87 bits per heavy atom. The zero-order valence-corrected chi connectivity index (χ0v) is 12.9. The number of nitrogens with zero attached hydrogens (tertiary/aromatic N) is 1. The summed E-state index contributed by atoms with van der Waals surface area (Å²) >= 11 is 0. The van der Waals surface area contributed by atoms with Gasteiger partial charge in [0, 0.05) is 28.7 Å². The standard InChI is InChI=1S/C19H17FN2O/c1-12-4-2-3-5-14(12)19(23)22-9-8-15-16-10-13(20)6-7-17(16)21-18(15)11-22/h2-7,10,21H,8-9,11H2,1H3. The molecular formula is C19H17FN2O. The lowest BCUT2D eigenvalue weighted by atomic mass is 10.0. The molecule has 0 saturated heterocycles. The summed E-state index contributed by atoms with van der Waals surface area (Å²) < 4.78 is 13.5. The number of aromatic nitrogens is 1. The molecule has 0 radical (unpaired) electrons. The van der Waals surface area contributed by atoms with Crippen LogP contribution in [0, 0.1) is 12.7 Å². The molecule has 1 aromatic heterocycles. The van der Waals surface area contributed by atoms with Crippen molar-refractivity contribution < 1.29 is 9.18 Å². The Morgan fingerprint density at radius 1 is 1.22 bits per heavy atom. The van der Waals surface area contributed by atoms with Crippen molar-refractivity contribution >= 4 is 16.8 Å². The third-order valence-electron chi connectivity index (χ3n) is 4.60. The lowest BCUT2D eigenvalue weighted by molar-refractivity contribution is 0.0732. The van der Waals surface area contributed by atoms with Crippen LogP contribution in [0.3, 0.4) is 0 Å². The number of rotatable bonds is 1. The fourth-order valence-corrected chi connectivity index (χ4v) is 3.37. The van der Waals surface area contributed by atoms with Gasteiger partial charge in [-0.1, -0.05) is 18.2 Å². The number of H-pyrrole nitrogens is 1. The van der Waals surface area contributed by atoms with Crippen molar-refractivity contribution in [2.24, 2.45) is 0 Å². The minimum atomic E-state index is -0.224. The van der Waals surface area contributed by atoms with E-state index in [0.717, 1.165) is 39.7 Å². The van der Waals surface area contributed by atoms with E-state index in [1.807, 2.05) is 36.1 Å². The maximum atomic E-state index is 13.5. The van der Waals surface area contributed by atoms with E-state index in [1.54, 1.807) is 12.1 Å². The minimum absolute atomic E-state index is 0.0542. The van der Waals surface area contributed by atoms with Crippen LogP contribution in [0.2, 0.25) is 0 Å². The average Bonchev–Trinajstić information content (AvgIpc) is 2.91. The van der Waals surface area contributed by atoms with E-state index in [9.17, 15) is 9.18 Å². The number of hydrogen-bond donors (Lipinski definition) is 1. The molecule has 0 fully saturated rings. The first-order valence-corrected chi connectivity index (χ1v) is 7.77. The van der Waals surface area contributed by atoms with Gasteiger partial charge in [0.2, 0.25) is 0 Å². The molecule has 2 aromatic carbocycles. The van der Waals surface area contributed by atoms with Gasteiger partial charge in [-0.3, -0.25) is 4.79 Å². The zero-order valence-electron chi connectivity index (χ0n) is 12.9. The molecular weight excluding hydrogens is 291 g/mol. The molecule has 0 saturated carbocycles. The number of nitrogens with one attached hydrogen (secondary N) is 1. The van der Waals surface area contributed by atoms with E-state index in [0.29, 0.717) is 13.1 Å². The van der Waals surface area contributed by atoms with Gasteiger partial charge in [0.25, 0.3) is 5.91 Å². The number of carbonyl (C=O) groups excluding carboxylic acids is 1. The predicted molar refractivity (Wildman–Crippen MR) is 87.9 cm³/mol. The average molecular weight is 308 g/mol. The largest absolute Gasteiger partial charge is 0.357 e. The van der Waals surface area contributed by atoms with Gasteiger partial charge in [-0.25, -0.2) is 4.39 Å². The van der Waals surface area contributed by atoms with Gasteiger partial charge in [-0.15, -0.1) is 0 Å². The SMILES string of the molecule is Cc1ccccc1C(=O)N1CCc2c([nH]c3ccc(F)cc23)C1. The van der Waals surface area contributed by atoms with Crippen molar-refractivity contribution in [2.45, 2.75) is 19.9 Å². The van der Waals surface area contributed by atoms with Crippen molar-refractivity contribution in [3.8, 4) is 0 Å². The fourth-order valence-electron chi connectivity index (χ4n) is 3.37. The first-order valence-electron chi connectivity index (χ1n) is 7.77. The molecule has 23 heavy (non-hydrogen) atoms. The van der Waals surface area contributed by atoms with Crippen molar-refractivity contribution in [3.63, 3.8) is 0 Å². The van der Waals surface area contributed by atoms with Crippen LogP contribution < -0.4 is 0 Å². The van der Waals surface area contributed by atoms with Crippen LogP contribution in [0.15, 0.2) is 42.5 Å². The molecule has 1 amide bonds. The highest BCUT2D eigenvalue weighted by atomic mass is 19.1. The number of aryl methyl sites for hydroxylation is 1. The summed E-state index contributed by atoms with van der Waals surface area (Å²) in [7, 11) is 0. The number of carbonyl (C=O) groups is 1. The number of fused-ring (bicyclic) bond motifs is 3. The van der Waals surface area contributed by atoms with Crippen LogP contribution in [0.1, 0.15) is 27.2 Å². The van der Waals surface area contributed by atoms with Crippen LogP contribution in [-0.4, -0.2) is 22.3 Å². The van der Waals surface area contributed by atoms with Crippen LogP contribution in [-0.2, 0) is 13.0 Å². The number of halogens is 1. The van der Waals surface area contributed by atoms with E-state index >= 15 is 0 Å². The van der Waals surface area contributed by atoms with Gasteiger partial charge in [-0.05, 0) is 48.7 Å². The molecule has 0 atom stereocenters. The molecule has 0 spiro atoms. The summed E-state index contributed by atoms with van der Waals surface area (Å²) in [6.07, 6.45) is 0.746. The monoisotopic (exact) mass is 308 g/mol. The number of aromatic amines is 1. The molecule has 4 heteroatoms. The Bertz CT molecular complexity index is 913. The smallest absolute Gasteiger partial charge is 0.254 e. The third-order valence-corrected chi connectivity index (χ3v) is 4.60. The van der Waals surface area contributed by atoms with Crippen LogP contribution in [0.5, 0.6) is 0 Å². The number of hydrogen-bond acceptors (Lipinski definition) is 1. The Labute approximate surface area is 133 Å². The van der Waals surface area contributed by atoms with E-state index in [2.05, 4.69) is 4.98 Å². The lowest BCUT2D eigenvalue weighted by Crippen LogP contribution is -2.36. The lowest BCUT2D eigenvalue weighted by Gasteiger charge is -2.27. The summed E-state index contributed by atoms with van der Waals surface area (Å²) in [5.74, 6) is -0.170. The zero-order chi connectivity index (χ0) is 16.0. The van der Waals surface area contributed by atoms with Crippen molar-refractivity contribution in [1.82, 2.24) is 9.88 Å². The summed E-state index contributed by atoms with van der Waals surface area (Å²) in [5, 5.41) is 0.933. The molecule has 2 heterocycles. The van der Waals surface area contributed by atoms with E-state index in [1.165, 1.54) is 6.07 Å². The highest BCUT2D eigenvalue weighted by Crippen LogP contribution is 2.29. The van der Waals surface area contributed by atoms with Crippen LogP contribution in [0.4, 0.5) is 4.39 Å². The van der Waals surface area contributed by atoms with Gasteiger partial charge in [-0.2, -0.15) is 0 Å². The van der Waals surface area contributed by atoms with Gasteiger partial charge < -0.3 is 9.88 Å². The molecule has 3 aromatic rings. The molecule has 1 aliphatic heterocycles. The summed E-state index contributed by atoms with van der Waals surface area (Å²) in [6, 6.07) is 12.4. The molecule has 0 aliphatic carbocycles. The maximum Gasteiger partial charge on any atom is 0.254 e. The second kappa shape index (κ2) is 5.23. The van der Waals surface area contributed by atoms with Crippen molar-refractivity contribution in [3.05, 3.63) is 70.7 Å². The minimum Gasteiger partial charge on any atom is -0.357 e. The fraction of sp³-hybridized carbons (Fsp3) is 0.211. The highest BCUT2D eigenvalue weighted by Gasteiger charge is 2.25. The quantitative estimate of drug-likeness (QED) is 0.729. The molecule has 3 nitrogen and oxygen atoms in total. The van der Waals surface area contributed by atoms with E-state index < -0.39 is 0 Å². The predicted octanol–water partition coefficient (Wildman–Crippen LogP) is 3.81. The Balaban J connectivity index is 1.68. The normalized spacial score (nSPS) is 14.1. The van der Waals surface area contributed by atoms with E-state index in [4.69, 9.17) is 0 Å². The second-order valence-electron chi connectivity index (χ2n) is 6.06. The van der Waals surface area contributed by atoms with Gasteiger partial charge in [0.15, 0.2) is 0 Å². The molecule has 116 valence electrons. The highest BCUT2D eigenvalue weighted by molar-refractivity contribution is 5.96. The Kier molecular flexibility index (Phi) is 3.18. The van der Waals surface area contributed by atoms with E-state index in [-0.39, 0.29) is 11.7 Å². The van der Waals surface area contributed by atoms with Crippen LogP contribution in [0.25, 0.3) is 10.9 Å². The van der Waals surface area contributed by atoms with Crippen molar-refractivity contribution in [2.75, 3.05) is 6.54 Å². The molecule has 0 unspecified atom stereocenters. The summed E-state index contributed by atoms with van der Waals surface area (Å²) in [4.78, 5) is 17.9.